The Hall–Kier alpha value is -4.90. The normalized spacial score (nSPS) is 10.4. The summed E-state index contributed by atoms with van der Waals surface area (Å²) in [6, 6.07) is 41.2. The van der Waals surface area contributed by atoms with E-state index in [0.717, 1.165) is 6.42 Å². The summed E-state index contributed by atoms with van der Waals surface area (Å²) in [7, 11) is -2.23. The number of benzene rings is 3. The standard InChI is InChI=1S/C22H21BO3.2C7H9NO2/c24-23(25)26-18-10-17-22(19-11-4-1-5-12-19,20-13-6-2-7-14-20)21-15-8-3-9-16-21;2*1-2-10-8-6-4-3-5-7(8)9/h1-9,11-16H,10,17-18H2;2*3-6H,2H2,1H3/q-2;;/p+2. The monoisotopic (exact) mass is 624 g/mol. The number of pyridine rings is 2. The molecule has 0 radical (unpaired) electrons. The first-order valence-corrected chi connectivity index (χ1v) is 15.2. The fraction of sp³-hybridized carbons (Fsp3) is 0.222. The van der Waals surface area contributed by atoms with E-state index < -0.39 is 7.32 Å². The average molecular weight is 625 g/mol. The van der Waals surface area contributed by atoms with Gasteiger partial charge in [-0.15, -0.1) is 0 Å². The molecule has 2 aromatic heterocycles. The minimum Gasteiger partial charge on any atom is -0.871 e. The SMILES string of the molecule is CCO[n+]1ccccc1O.CCO[n+]1ccccc1O.[O-]B([O-])OCCCC(c1ccccc1)(c1ccccc1)c1ccccc1. The number of rotatable bonds is 12. The van der Waals surface area contributed by atoms with Gasteiger partial charge in [0, 0.05) is 33.6 Å². The smallest absolute Gasteiger partial charge is 0.414 e. The van der Waals surface area contributed by atoms with Crippen LogP contribution in [0, 0.1) is 0 Å². The number of aromatic hydroxyl groups is 2. The van der Waals surface area contributed by atoms with E-state index in [1.54, 1.807) is 48.8 Å². The molecule has 0 aliphatic rings. The van der Waals surface area contributed by atoms with E-state index in [4.69, 9.17) is 24.5 Å². The minimum atomic E-state index is -2.23. The molecule has 9 nitrogen and oxygen atoms in total. The second-order valence-corrected chi connectivity index (χ2v) is 9.87. The van der Waals surface area contributed by atoms with Gasteiger partial charge in [-0.1, -0.05) is 91.0 Å². The van der Waals surface area contributed by atoms with Gasteiger partial charge in [0.1, 0.15) is 0 Å². The third kappa shape index (κ3) is 10.6. The van der Waals surface area contributed by atoms with Gasteiger partial charge in [-0.2, -0.15) is 0 Å². The van der Waals surface area contributed by atoms with E-state index in [-0.39, 0.29) is 23.8 Å². The van der Waals surface area contributed by atoms with Gasteiger partial charge in [0.15, 0.2) is 13.2 Å². The summed E-state index contributed by atoms with van der Waals surface area (Å²) >= 11 is 0. The van der Waals surface area contributed by atoms with Crippen LogP contribution in [0.3, 0.4) is 0 Å². The zero-order valence-corrected chi connectivity index (χ0v) is 26.2. The van der Waals surface area contributed by atoms with Crippen molar-refractivity contribution in [2.45, 2.75) is 32.1 Å². The molecule has 2 N–H and O–H groups in total. The highest BCUT2D eigenvalue weighted by Crippen LogP contribution is 2.42. The Labute approximate surface area is 271 Å². The average Bonchev–Trinajstić information content (AvgIpc) is 3.09. The van der Waals surface area contributed by atoms with Crippen LogP contribution in [-0.2, 0) is 10.1 Å². The van der Waals surface area contributed by atoms with Gasteiger partial charge in [-0.25, -0.2) is 0 Å². The van der Waals surface area contributed by atoms with Gasteiger partial charge in [-0.3, -0.25) is 9.68 Å². The number of aromatic nitrogens is 2. The highest BCUT2D eigenvalue weighted by Gasteiger charge is 2.35. The molecule has 0 amide bonds. The maximum absolute atomic E-state index is 10.7. The van der Waals surface area contributed by atoms with Gasteiger partial charge >= 0.3 is 11.8 Å². The van der Waals surface area contributed by atoms with Crippen molar-refractivity contribution in [3.8, 4) is 11.8 Å². The Morgan fingerprint density at radius 3 is 1.28 bits per heavy atom. The third-order valence-corrected chi connectivity index (χ3v) is 6.89. The van der Waals surface area contributed by atoms with E-state index in [0.29, 0.717) is 19.6 Å². The maximum Gasteiger partial charge on any atom is 0.414 e. The van der Waals surface area contributed by atoms with Crippen molar-refractivity contribution < 1.29 is 44.1 Å². The zero-order chi connectivity index (χ0) is 33.0. The molecule has 240 valence electrons. The van der Waals surface area contributed by atoms with Crippen LogP contribution in [0.1, 0.15) is 43.4 Å². The number of hydrogen-bond acceptors (Lipinski definition) is 7. The molecule has 5 rings (SSSR count). The quantitative estimate of drug-likeness (QED) is 0.0948. The molecular formula is C36H41BN2O7. The molecule has 0 saturated heterocycles. The van der Waals surface area contributed by atoms with Crippen LogP contribution in [0.25, 0.3) is 0 Å². The Bertz CT molecular complexity index is 1380. The lowest BCUT2D eigenvalue weighted by Gasteiger charge is -2.37. The molecule has 0 unspecified atom stereocenters. The topological polar surface area (TPSA) is 122 Å². The lowest BCUT2D eigenvalue weighted by atomic mass is 9.67. The summed E-state index contributed by atoms with van der Waals surface area (Å²) < 4.78 is 7.37. The molecular weight excluding hydrogens is 583 g/mol. The third-order valence-electron chi connectivity index (χ3n) is 6.89. The van der Waals surface area contributed by atoms with Crippen LogP contribution in [0.2, 0.25) is 0 Å². The molecule has 0 aliphatic heterocycles. The molecule has 0 fully saturated rings. The van der Waals surface area contributed by atoms with Gasteiger partial charge in [0.25, 0.3) is 0 Å². The summed E-state index contributed by atoms with van der Waals surface area (Å²) in [5.41, 5.74) is 3.17. The molecule has 0 saturated carbocycles. The summed E-state index contributed by atoms with van der Waals surface area (Å²) in [5, 5.41) is 39.5. The summed E-state index contributed by atoms with van der Waals surface area (Å²) in [6.07, 6.45) is 4.65. The van der Waals surface area contributed by atoms with Crippen molar-refractivity contribution in [1.29, 1.82) is 0 Å². The molecule has 46 heavy (non-hydrogen) atoms. The van der Waals surface area contributed by atoms with Crippen LogP contribution < -0.4 is 29.2 Å². The van der Waals surface area contributed by atoms with Crippen LogP contribution in [0.5, 0.6) is 11.8 Å². The lowest BCUT2D eigenvalue weighted by molar-refractivity contribution is -0.893. The van der Waals surface area contributed by atoms with Crippen LogP contribution in [0.15, 0.2) is 140 Å². The van der Waals surface area contributed by atoms with E-state index in [2.05, 4.69) is 36.4 Å². The Kier molecular flexibility index (Phi) is 15.1. The molecule has 5 aromatic rings. The molecule has 0 bridgehead atoms. The number of nitrogens with zero attached hydrogens (tertiary/aromatic N) is 2. The predicted octanol–water partition coefficient (Wildman–Crippen LogP) is 2.78. The lowest BCUT2D eigenvalue weighted by Crippen LogP contribution is -2.48. The first-order chi connectivity index (χ1) is 22.4. The largest absolute Gasteiger partial charge is 0.871 e. The van der Waals surface area contributed by atoms with Crippen molar-refractivity contribution in [2.24, 2.45) is 0 Å². The molecule has 2 heterocycles. The molecule has 3 aromatic carbocycles. The van der Waals surface area contributed by atoms with E-state index in [1.807, 2.05) is 68.4 Å². The zero-order valence-electron chi connectivity index (χ0n) is 26.2. The van der Waals surface area contributed by atoms with Crippen LogP contribution >= 0.6 is 0 Å². The second kappa shape index (κ2) is 19.5. The molecule has 0 spiro atoms. The van der Waals surface area contributed by atoms with Crippen molar-refractivity contribution in [2.75, 3.05) is 19.8 Å². The first-order valence-electron chi connectivity index (χ1n) is 15.2. The molecule has 10 heteroatoms. The Balaban J connectivity index is 0.000000235. The highest BCUT2D eigenvalue weighted by molar-refractivity contribution is 6.28. The molecule has 0 aliphatic carbocycles. The van der Waals surface area contributed by atoms with E-state index in [1.165, 1.54) is 26.2 Å². The first kappa shape index (κ1) is 35.6. The van der Waals surface area contributed by atoms with Crippen LogP contribution in [-0.4, -0.2) is 37.4 Å². The maximum atomic E-state index is 10.7. The predicted molar refractivity (Wildman–Crippen MR) is 171 cm³/mol. The molecule has 0 atom stereocenters. The summed E-state index contributed by atoms with van der Waals surface area (Å²) in [6.45, 7) is 4.97. The van der Waals surface area contributed by atoms with Crippen molar-refractivity contribution in [1.82, 2.24) is 0 Å². The highest BCUT2D eigenvalue weighted by atomic mass is 16.7. The Morgan fingerprint density at radius 1 is 0.587 bits per heavy atom. The number of hydrogen-bond donors (Lipinski definition) is 2. The minimum absolute atomic E-state index is 0.115. The van der Waals surface area contributed by atoms with Gasteiger partial charge in [0.2, 0.25) is 12.4 Å². The second-order valence-electron chi connectivity index (χ2n) is 9.87. The van der Waals surface area contributed by atoms with Crippen molar-refractivity contribution in [3.05, 3.63) is 156 Å². The van der Waals surface area contributed by atoms with E-state index in [9.17, 15) is 10.0 Å². The van der Waals surface area contributed by atoms with E-state index >= 15 is 0 Å². The van der Waals surface area contributed by atoms with Crippen molar-refractivity contribution >= 4 is 7.32 Å². The summed E-state index contributed by atoms with van der Waals surface area (Å²) in [5.74, 6) is 0.230. The van der Waals surface area contributed by atoms with Gasteiger partial charge in [0.05, 0.1) is 19.5 Å². The van der Waals surface area contributed by atoms with Gasteiger partial charge < -0.3 is 24.9 Å². The fourth-order valence-corrected chi connectivity index (χ4v) is 4.95. The fourth-order valence-electron chi connectivity index (χ4n) is 4.95. The summed E-state index contributed by atoms with van der Waals surface area (Å²) in [4.78, 5) is 10.0. The van der Waals surface area contributed by atoms with Gasteiger partial charge in [-0.05, 0) is 55.5 Å². The van der Waals surface area contributed by atoms with Crippen molar-refractivity contribution in [3.63, 3.8) is 0 Å². The Morgan fingerprint density at radius 2 is 0.957 bits per heavy atom. The van der Waals surface area contributed by atoms with Crippen LogP contribution in [0.4, 0.5) is 0 Å².